The first-order chi connectivity index (χ1) is 13.9. The molecule has 0 spiro atoms. The standard InChI is InChI=1S/C21H23ClN4O3/c1-3-21(16-9-5-4-6-10-16)19(28)26(20(29)24-21)25-18(27)13-23-14(2)15-8-7-11-17(22)12-15/h4-12,14,23H,3,13H2,1-2H3,(H,24,29)(H,25,27)/t14-,21+/m1/s1. The van der Waals surface area contributed by atoms with Crippen LogP contribution < -0.4 is 16.1 Å². The van der Waals surface area contributed by atoms with Gasteiger partial charge in [0.05, 0.1) is 6.54 Å². The second kappa shape index (κ2) is 8.63. The molecule has 8 heteroatoms. The molecule has 0 radical (unpaired) electrons. The zero-order chi connectivity index (χ0) is 21.0. The van der Waals surface area contributed by atoms with Crippen molar-refractivity contribution in [1.29, 1.82) is 0 Å². The molecule has 1 aliphatic rings. The Bertz CT molecular complexity index is 921. The third-order valence-electron chi connectivity index (χ3n) is 5.04. The van der Waals surface area contributed by atoms with Gasteiger partial charge in [0.1, 0.15) is 5.54 Å². The topological polar surface area (TPSA) is 90.5 Å². The molecule has 0 bridgehead atoms. The van der Waals surface area contributed by atoms with Crippen LogP contribution in [0.1, 0.15) is 37.4 Å². The molecule has 1 aliphatic heterocycles. The van der Waals surface area contributed by atoms with Crippen LogP contribution in [0.4, 0.5) is 4.79 Å². The van der Waals surface area contributed by atoms with Crippen LogP contribution in [-0.2, 0) is 15.1 Å². The third-order valence-corrected chi connectivity index (χ3v) is 5.28. The maximum atomic E-state index is 13.0. The summed E-state index contributed by atoms with van der Waals surface area (Å²) in [6, 6.07) is 15.5. The number of imide groups is 1. The van der Waals surface area contributed by atoms with Crippen LogP contribution in [0.2, 0.25) is 5.02 Å². The molecule has 0 aliphatic carbocycles. The largest absolute Gasteiger partial charge is 0.344 e. The normalized spacial score (nSPS) is 19.8. The second-order valence-electron chi connectivity index (χ2n) is 6.89. The van der Waals surface area contributed by atoms with Crippen LogP contribution >= 0.6 is 11.6 Å². The van der Waals surface area contributed by atoms with E-state index in [-0.39, 0.29) is 12.6 Å². The van der Waals surface area contributed by atoms with Gasteiger partial charge in [0.2, 0.25) is 0 Å². The van der Waals surface area contributed by atoms with E-state index in [1.54, 1.807) is 30.3 Å². The van der Waals surface area contributed by atoms with Crippen molar-refractivity contribution in [3.05, 3.63) is 70.7 Å². The molecule has 152 valence electrons. The first kappa shape index (κ1) is 20.8. The Morgan fingerprint density at radius 2 is 1.90 bits per heavy atom. The molecule has 2 aromatic carbocycles. The number of benzene rings is 2. The number of halogens is 1. The average molecular weight is 415 g/mol. The minimum absolute atomic E-state index is 0.0742. The van der Waals surface area contributed by atoms with Gasteiger partial charge in [0, 0.05) is 11.1 Å². The fourth-order valence-electron chi connectivity index (χ4n) is 3.34. The van der Waals surface area contributed by atoms with E-state index in [4.69, 9.17) is 11.6 Å². The average Bonchev–Trinajstić information content (AvgIpc) is 2.97. The van der Waals surface area contributed by atoms with E-state index in [1.807, 2.05) is 38.1 Å². The van der Waals surface area contributed by atoms with Gasteiger partial charge in [0.25, 0.3) is 11.8 Å². The fourth-order valence-corrected chi connectivity index (χ4v) is 3.54. The molecule has 4 amide bonds. The number of rotatable bonds is 7. The first-order valence-electron chi connectivity index (χ1n) is 9.38. The first-order valence-corrected chi connectivity index (χ1v) is 9.75. The predicted octanol–water partition coefficient (Wildman–Crippen LogP) is 2.88. The van der Waals surface area contributed by atoms with Gasteiger partial charge in [0.15, 0.2) is 0 Å². The minimum atomic E-state index is -1.19. The van der Waals surface area contributed by atoms with Crippen molar-refractivity contribution in [3.63, 3.8) is 0 Å². The summed E-state index contributed by atoms with van der Waals surface area (Å²) in [5.74, 6) is -1.00. The number of carbonyl (C=O) groups excluding carboxylic acids is 3. The van der Waals surface area contributed by atoms with Crippen LogP contribution in [0.15, 0.2) is 54.6 Å². The van der Waals surface area contributed by atoms with E-state index in [0.29, 0.717) is 17.0 Å². The zero-order valence-electron chi connectivity index (χ0n) is 16.2. The Labute approximate surface area is 174 Å². The summed E-state index contributed by atoms with van der Waals surface area (Å²) in [5.41, 5.74) is 2.81. The third kappa shape index (κ3) is 4.26. The van der Waals surface area contributed by atoms with Gasteiger partial charge >= 0.3 is 6.03 Å². The van der Waals surface area contributed by atoms with Crippen molar-refractivity contribution in [3.8, 4) is 0 Å². The van der Waals surface area contributed by atoms with Crippen LogP contribution in [0.25, 0.3) is 0 Å². The molecule has 3 N–H and O–H groups in total. The molecule has 29 heavy (non-hydrogen) atoms. The van der Waals surface area contributed by atoms with Gasteiger partial charge in [-0.05, 0) is 36.6 Å². The van der Waals surface area contributed by atoms with Gasteiger partial charge in [-0.15, -0.1) is 0 Å². The molecule has 1 heterocycles. The van der Waals surface area contributed by atoms with Gasteiger partial charge < -0.3 is 10.6 Å². The van der Waals surface area contributed by atoms with Crippen LogP contribution in [-0.4, -0.2) is 29.4 Å². The Kier molecular flexibility index (Phi) is 6.20. The highest BCUT2D eigenvalue weighted by Gasteiger charge is 2.52. The van der Waals surface area contributed by atoms with E-state index in [1.165, 1.54) is 0 Å². The van der Waals surface area contributed by atoms with E-state index < -0.39 is 23.4 Å². The van der Waals surface area contributed by atoms with Crippen molar-refractivity contribution >= 4 is 29.4 Å². The lowest BCUT2D eigenvalue weighted by Crippen LogP contribution is -2.50. The van der Waals surface area contributed by atoms with Crippen LogP contribution in [0, 0.1) is 0 Å². The summed E-state index contributed by atoms with van der Waals surface area (Å²) in [6.45, 7) is 3.63. The van der Waals surface area contributed by atoms with Crippen LogP contribution in [0.3, 0.4) is 0 Å². The van der Waals surface area contributed by atoms with Gasteiger partial charge in [-0.3, -0.25) is 15.0 Å². The molecule has 0 unspecified atom stereocenters. The molecular weight excluding hydrogens is 392 g/mol. The van der Waals surface area contributed by atoms with Crippen molar-refractivity contribution in [2.45, 2.75) is 31.8 Å². The highest BCUT2D eigenvalue weighted by Crippen LogP contribution is 2.31. The summed E-state index contributed by atoms with van der Waals surface area (Å²) in [5, 5.41) is 7.14. The van der Waals surface area contributed by atoms with E-state index in [0.717, 1.165) is 10.6 Å². The van der Waals surface area contributed by atoms with Crippen molar-refractivity contribution in [1.82, 2.24) is 21.1 Å². The van der Waals surface area contributed by atoms with Crippen molar-refractivity contribution in [2.24, 2.45) is 0 Å². The monoisotopic (exact) mass is 414 g/mol. The fraction of sp³-hybridized carbons (Fsp3) is 0.286. The number of nitrogens with one attached hydrogen (secondary N) is 3. The van der Waals surface area contributed by atoms with Gasteiger partial charge in [-0.25, -0.2) is 4.79 Å². The van der Waals surface area contributed by atoms with Crippen molar-refractivity contribution < 1.29 is 14.4 Å². The summed E-state index contributed by atoms with van der Waals surface area (Å²) in [6.07, 6.45) is 0.359. The lowest BCUT2D eigenvalue weighted by molar-refractivity contribution is -0.139. The van der Waals surface area contributed by atoms with E-state index in [9.17, 15) is 14.4 Å². The molecule has 2 aromatic rings. The Morgan fingerprint density at radius 3 is 2.55 bits per heavy atom. The summed E-state index contributed by atoms with van der Waals surface area (Å²) in [4.78, 5) is 37.8. The minimum Gasteiger partial charge on any atom is -0.318 e. The lowest BCUT2D eigenvalue weighted by Gasteiger charge is -2.25. The smallest absolute Gasteiger partial charge is 0.318 e. The Hall–Kier alpha value is -2.90. The summed E-state index contributed by atoms with van der Waals surface area (Å²) in [7, 11) is 0. The number of hydrogen-bond acceptors (Lipinski definition) is 4. The molecule has 1 fully saturated rings. The predicted molar refractivity (Wildman–Crippen MR) is 110 cm³/mol. The second-order valence-corrected chi connectivity index (χ2v) is 7.32. The lowest BCUT2D eigenvalue weighted by atomic mass is 9.87. The zero-order valence-corrected chi connectivity index (χ0v) is 17.0. The molecule has 7 nitrogen and oxygen atoms in total. The number of hydrazine groups is 1. The SMILES string of the molecule is CC[C@@]1(c2ccccc2)NC(=O)N(NC(=O)CN[C@H](C)c2cccc(Cl)c2)C1=O. The summed E-state index contributed by atoms with van der Waals surface area (Å²) >= 11 is 5.99. The maximum absolute atomic E-state index is 13.0. The molecule has 0 saturated carbocycles. The molecular formula is C21H23ClN4O3. The number of urea groups is 1. The van der Waals surface area contributed by atoms with Crippen LogP contribution in [0.5, 0.6) is 0 Å². The molecule has 1 saturated heterocycles. The number of carbonyl (C=O) groups is 3. The van der Waals surface area contributed by atoms with Gasteiger partial charge in [-0.1, -0.05) is 61.0 Å². The highest BCUT2D eigenvalue weighted by atomic mass is 35.5. The summed E-state index contributed by atoms with van der Waals surface area (Å²) < 4.78 is 0. The Morgan fingerprint density at radius 1 is 1.17 bits per heavy atom. The maximum Gasteiger partial charge on any atom is 0.344 e. The highest BCUT2D eigenvalue weighted by molar-refractivity contribution is 6.30. The number of amides is 4. The molecule has 0 aromatic heterocycles. The molecule has 2 atom stereocenters. The van der Waals surface area contributed by atoms with Crippen molar-refractivity contribution in [2.75, 3.05) is 6.54 Å². The molecule has 3 rings (SSSR count). The quantitative estimate of drug-likeness (QED) is 0.607. The number of nitrogens with zero attached hydrogens (tertiary/aromatic N) is 1. The van der Waals surface area contributed by atoms with Gasteiger partial charge in [-0.2, -0.15) is 5.01 Å². The van der Waals surface area contributed by atoms with E-state index >= 15 is 0 Å². The number of hydrogen-bond donors (Lipinski definition) is 3. The Balaban J connectivity index is 1.64. The van der Waals surface area contributed by atoms with E-state index in [2.05, 4.69) is 16.1 Å².